The minimum absolute atomic E-state index is 0.767. The number of nitriles is 1. The van der Waals surface area contributed by atoms with Gasteiger partial charge in [0, 0.05) is 49.9 Å². The van der Waals surface area contributed by atoms with Crippen LogP contribution in [-0.4, -0.2) is 21.4 Å². The lowest BCUT2D eigenvalue weighted by Crippen LogP contribution is -2.31. The van der Waals surface area contributed by atoms with E-state index in [4.69, 9.17) is 0 Å². The van der Waals surface area contributed by atoms with Gasteiger partial charge in [0.15, 0.2) is 0 Å². The van der Waals surface area contributed by atoms with Gasteiger partial charge >= 0.3 is 0 Å². The second kappa shape index (κ2) is 6.67. The van der Waals surface area contributed by atoms with Crippen LogP contribution in [0.4, 0.5) is 0 Å². The number of rotatable bonds is 4. The number of aromatic nitrogens is 2. The van der Waals surface area contributed by atoms with Crippen LogP contribution in [0.1, 0.15) is 41.6 Å². The molecule has 0 bridgehead atoms. The van der Waals surface area contributed by atoms with Gasteiger partial charge in [-0.15, -0.1) is 0 Å². The highest BCUT2D eigenvalue weighted by Gasteiger charge is 2.19. The maximum atomic E-state index is 9.20. The fraction of sp³-hybridized carbons (Fsp3) is 0.389. The van der Waals surface area contributed by atoms with Crippen molar-refractivity contribution in [2.75, 3.05) is 6.54 Å². The fourth-order valence-corrected chi connectivity index (χ4v) is 2.90. The molecule has 1 aromatic carbocycles. The van der Waals surface area contributed by atoms with E-state index in [1.807, 2.05) is 30.5 Å². The normalized spacial score (nSPS) is 14.4. The van der Waals surface area contributed by atoms with Crippen LogP contribution in [0.3, 0.4) is 0 Å². The lowest BCUT2D eigenvalue weighted by atomic mass is 10.0. The zero-order valence-corrected chi connectivity index (χ0v) is 12.9. The van der Waals surface area contributed by atoms with E-state index < -0.39 is 0 Å². The summed E-state index contributed by atoms with van der Waals surface area (Å²) in [5.41, 5.74) is 4.28. The van der Waals surface area contributed by atoms with E-state index in [-0.39, 0.29) is 0 Å². The van der Waals surface area contributed by atoms with Crippen LogP contribution < -0.4 is 0 Å². The summed E-state index contributed by atoms with van der Waals surface area (Å²) in [5, 5.41) is 9.20. The summed E-state index contributed by atoms with van der Waals surface area (Å²) in [5.74, 6) is 0.963. The lowest BCUT2D eigenvalue weighted by molar-refractivity contribution is 0.242. The van der Waals surface area contributed by atoms with Crippen LogP contribution in [0.2, 0.25) is 0 Å². The van der Waals surface area contributed by atoms with Gasteiger partial charge in [0.2, 0.25) is 0 Å². The second-order valence-corrected chi connectivity index (χ2v) is 5.74. The molecule has 112 valence electrons. The Kier molecular flexibility index (Phi) is 4.45. The largest absolute Gasteiger partial charge is 0.294 e. The van der Waals surface area contributed by atoms with Gasteiger partial charge in [-0.1, -0.05) is 25.1 Å². The Morgan fingerprint density at radius 3 is 3.00 bits per heavy atom. The number of benzene rings is 1. The van der Waals surface area contributed by atoms with Crippen LogP contribution in [0.25, 0.3) is 0 Å². The highest BCUT2D eigenvalue weighted by atomic mass is 15.1. The molecule has 22 heavy (non-hydrogen) atoms. The summed E-state index contributed by atoms with van der Waals surface area (Å²) in [6.07, 6.45) is 4.97. The van der Waals surface area contributed by atoms with Gasteiger partial charge in [0.25, 0.3) is 0 Å². The number of aryl methyl sites for hydroxylation is 1. The monoisotopic (exact) mass is 292 g/mol. The third-order valence-corrected chi connectivity index (χ3v) is 4.07. The molecule has 2 aromatic rings. The van der Waals surface area contributed by atoms with E-state index in [9.17, 15) is 5.26 Å². The number of hydrogen-bond donors (Lipinski definition) is 0. The fourth-order valence-electron chi connectivity index (χ4n) is 2.90. The molecular formula is C18H20N4. The molecule has 4 nitrogen and oxygen atoms in total. The molecule has 2 heterocycles. The first-order valence-electron chi connectivity index (χ1n) is 7.84. The van der Waals surface area contributed by atoms with E-state index in [1.165, 1.54) is 11.3 Å². The van der Waals surface area contributed by atoms with Crippen molar-refractivity contribution >= 4 is 0 Å². The van der Waals surface area contributed by atoms with Crippen LogP contribution in [0.15, 0.2) is 30.5 Å². The van der Waals surface area contributed by atoms with Crippen molar-refractivity contribution < 1.29 is 0 Å². The van der Waals surface area contributed by atoms with Crippen LogP contribution in [-0.2, 0) is 25.9 Å². The van der Waals surface area contributed by atoms with E-state index in [1.54, 1.807) is 0 Å². The Bertz CT molecular complexity index is 702. The van der Waals surface area contributed by atoms with Gasteiger partial charge < -0.3 is 0 Å². The summed E-state index contributed by atoms with van der Waals surface area (Å²) in [6.45, 7) is 4.80. The van der Waals surface area contributed by atoms with E-state index in [0.29, 0.717) is 0 Å². The van der Waals surface area contributed by atoms with E-state index in [0.717, 1.165) is 55.8 Å². The van der Waals surface area contributed by atoms with Crippen LogP contribution in [0.5, 0.6) is 0 Å². The highest BCUT2D eigenvalue weighted by molar-refractivity contribution is 5.37. The van der Waals surface area contributed by atoms with Crippen molar-refractivity contribution in [3.05, 3.63) is 58.7 Å². The molecule has 0 fully saturated rings. The topological polar surface area (TPSA) is 52.8 Å². The molecule has 0 unspecified atom stereocenters. The molecule has 1 aliphatic rings. The standard InChI is InChI=1S/C18H20N4/c1-2-5-18-20-11-16-13-22(9-8-17(16)21-18)12-15-7-4-3-6-14(15)10-19/h3-4,6-7,11H,2,5,8-9,12-13H2,1H3. The first-order valence-corrected chi connectivity index (χ1v) is 7.84. The number of nitrogens with zero attached hydrogens (tertiary/aromatic N) is 4. The number of hydrogen-bond acceptors (Lipinski definition) is 4. The van der Waals surface area contributed by atoms with Gasteiger partial charge in [-0.25, -0.2) is 9.97 Å². The van der Waals surface area contributed by atoms with E-state index in [2.05, 4.69) is 27.9 Å². The van der Waals surface area contributed by atoms with Crippen molar-refractivity contribution in [3.8, 4) is 6.07 Å². The summed E-state index contributed by atoms with van der Waals surface area (Å²) < 4.78 is 0. The Morgan fingerprint density at radius 2 is 2.18 bits per heavy atom. The summed E-state index contributed by atoms with van der Waals surface area (Å²) in [4.78, 5) is 11.5. The smallest absolute Gasteiger partial charge is 0.128 e. The summed E-state index contributed by atoms with van der Waals surface area (Å²) in [7, 11) is 0. The van der Waals surface area contributed by atoms with E-state index >= 15 is 0 Å². The number of fused-ring (bicyclic) bond motifs is 1. The molecule has 0 N–H and O–H groups in total. The third kappa shape index (κ3) is 3.15. The SMILES string of the molecule is CCCc1ncc2c(n1)CCN(Cc1ccccc1C#N)C2. The molecule has 3 rings (SSSR count). The quantitative estimate of drug-likeness (QED) is 0.869. The van der Waals surface area contributed by atoms with Gasteiger partial charge in [-0.05, 0) is 18.1 Å². The highest BCUT2D eigenvalue weighted by Crippen LogP contribution is 2.20. The molecular weight excluding hydrogens is 272 g/mol. The third-order valence-electron chi connectivity index (χ3n) is 4.07. The first kappa shape index (κ1) is 14.7. The molecule has 0 atom stereocenters. The predicted octanol–water partition coefficient (Wildman–Crippen LogP) is 2.86. The molecule has 0 amide bonds. The van der Waals surface area contributed by atoms with Gasteiger partial charge in [-0.2, -0.15) is 5.26 Å². The molecule has 4 heteroatoms. The van der Waals surface area contributed by atoms with Crippen molar-refractivity contribution in [3.63, 3.8) is 0 Å². The average molecular weight is 292 g/mol. The van der Waals surface area contributed by atoms with Gasteiger partial charge in [0.1, 0.15) is 5.82 Å². The Morgan fingerprint density at radius 1 is 1.32 bits per heavy atom. The van der Waals surface area contributed by atoms with Crippen molar-refractivity contribution in [1.82, 2.24) is 14.9 Å². The van der Waals surface area contributed by atoms with Gasteiger partial charge in [-0.3, -0.25) is 4.90 Å². The molecule has 0 spiro atoms. The van der Waals surface area contributed by atoms with Crippen molar-refractivity contribution in [1.29, 1.82) is 5.26 Å². The minimum atomic E-state index is 0.767. The zero-order valence-electron chi connectivity index (χ0n) is 12.9. The molecule has 0 radical (unpaired) electrons. The molecule has 1 aromatic heterocycles. The zero-order chi connectivity index (χ0) is 15.4. The minimum Gasteiger partial charge on any atom is -0.294 e. The average Bonchev–Trinajstić information content (AvgIpc) is 2.56. The first-order chi connectivity index (χ1) is 10.8. The molecule has 0 saturated carbocycles. The lowest BCUT2D eigenvalue weighted by Gasteiger charge is -2.28. The summed E-state index contributed by atoms with van der Waals surface area (Å²) >= 11 is 0. The Hall–Kier alpha value is -2.25. The summed E-state index contributed by atoms with van der Waals surface area (Å²) in [6, 6.07) is 10.1. The molecule has 1 aliphatic heterocycles. The maximum Gasteiger partial charge on any atom is 0.128 e. The maximum absolute atomic E-state index is 9.20. The van der Waals surface area contributed by atoms with Crippen LogP contribution in [0, 0.1) is 11.3 Å². The molecule has 0 aliphatic carbocycles. The molecule has 0 saturated heterocycles. The predicted molar refractivity (Wildman–Crippen MR) is 85.0 cm³/mol. The second-order valence-electron chi connectivity index (χ2n) is 5.74. The Labute approximate surface area is 131 Å². The van der Waals surface area contributed by atoms with Crippen LogP contribution >= 0.6 is 0 Å². The van der Waals surface area contributed by atoms with Gasteiger partial charge in [0.05, 0.1) is 11.6 Å². The Balaban J connectivity index is 1.73. The van der Waals surface area contributed by atoms with Crippen molar-refractivity contribution in [2.24, 2.45) is 0 Å². The van der Waals surface area contributed by atoms with Crippen molar-refractivity contribution in [2.45, 2.75) is 39.3 Å².